The fraction of sp³-hybridized carbons (Fsp3) is 0.364. The van der Waals surface area contributed by atoms with Crippen molar-refractivity contribution in [1.29, 1.82) is 0 Å². The van der Waals surface area contributed by atoms with Crippen molar-refractivity contribution in [3.63, 3.8) is 0 Å². The zero-order valence-corrected chi connectivity index (χ0v) is 15.9. The Morgan fingerprint density at radius 2 is 1.82 bits per heavy atom. The molecule has 2 aromatic rings. The molecule has 0 saturated heterocycles. The van der Waals surface area contributed by atoms with Gasteiger partial charge in [0, 0.05) is 5.56 Å². The van der Waals surface area contributed by atoms with Crippen LogP contribution in [0.1, 0.15) is 54.1 Å². The summed E-state index contributed by atoms with van der Waals surface area (Å²) in [6, 6.07) is 13.5. The number of carbonyl (C=O) groups is 2. The molecule has 2 aromatic carbocycles. The fourth-order valence-electron chi connectivity index (χ4n) is 3.45. The van der Waals surface area contributed by atoms with Crippen molar-refractivity contribution >= 4 is 11.9 Å². The summed E-state index contributed by atoms with van der Waals surface area (Å²) in [6.07, 6.45) is 4.21. The molecule has 0 aromatic heterocycles. The van der Waals surface area contributed by atoms with E-state index in [4.69, 9.17) is 9.47 Å². The largest absolute Gasteiger partial charge is 0.493 e. The Bertz CT molecular complexity index is 815. The van der Waals surface area contributed by atoms with E-state index in [0.717, 1.165) is 31.2 Å². The Morgan fingerprint density at radius 3 is 2.46 bits per heavy atom. The van der Waals surface area contributed by atoms with Crippen LogP contribution in [0, 0.1) is 0 Å². The number of amides is 1. The lowest BCUT2D eigenvalue weighted by Crippen LogP contribution is -2.30. The maximum atomic E-state index is 12.8. The van der Waals surface area contributed by atoms with Gasteiger partial charge in [-0.05, 0) is 49.4 Å². The van der Waals surface area contributed by atoms with E-state index in [9.17, 15) is 14.7 Å². The summed E-state index contributed by atoms with van der Waals surface area (Å²) in [4.78, 5) is 24.0. The second kappa shape index (κ2) is 9.26. The minimum atomic E-state index is -0.978. The van der Waals surface area contributed by atoms with Crippen LogP contribution in [0.25, 0.3) is 0 Å². The van der Waals surface area contributed by atoms with Gasteiger partial charge in [-0.15, -0.1) is 0 Å². The number of benzene rings is 2. The van der Waals surface area contributed by atoms with Gasteiger partial charge < -0.3 is 19.9 Å². The quantitative estimate of drug-likeness (QED) is 0.721. The molecule has 1 aliphatic carbocycles. The van der Waals surface area contributed by atoms with Gasteiger partial charge in [-0.25, -0.2) is 0 Å². The van der Waals surface area contributed by atoms with E-state index in [1.54, 1.807) is 37.4 Å². The molecule has 1 atom stereocenters. The molecule has 0 heterocycles. The smallest absolute Gasteiger partial charge is 0.305 e. The van der Waals surface area contributed by atoms with Gasteiger partial charge in [-0.1, -0.05) is 30.3 Å². The predicted octanol–water partition coefficient (Wildman–Crippen LogP) is 3.96. The molecule has 0 bridgehead atoms. The zero-order chi connectivity index (χ0) is 19.9. The highest BCUT2D eigenvalue weighted by atomic mass is 16.5. The molecule has 1 saturated carbocycles. The van der Waals surface area contributed by atoms with Gasteiger partial charge in [-0.2, -0.15) is 0 Å². The van der Waals surface area contributed by atoms with E-state index >= 15 is 0 Å². The average molecular weight is 383 g/mol. The van der Waals surface area contributed by atoms with E-state index in [2.05, 4.69) is 5.32 Å². The maximum absolute atomic E-state index is 12.8. The third kappa shape index (κ3) is 5.03. The molecular formula is C22H25NO5. The van der Waals surface area contributed by atoms with Gasteiger partial charge in [0.1, 0.15) is 0 Å². The van der Waals surface area contributed by atoms with Crippen LogP contribution in [0.15, 0.2) is 48.5 Å². The van der Waals surface area contributed by atoms with Crippen LogP contribution in [0.3, 0.4) is 0 Å². The Hall–Kier alpha value is -3.02. The monoisotopic (exact) mass is 383 g/mol. The normalized spacial score (nSPS) is 15.0. The van der Waals surface area contributed by atoms with Gasteiger partial charge in [0.15, 0.2) is 11.5 Å². The second-order valence-corrected chi connectivity index (χ2v) is 6.92. The SMILES string of the molecule is COc1ccc(C(=O)NC(CC(=O)O)c2ccccc2)cc1OC1CCCC1. The molecule has 3 rings (SSSR count). The summed E-state index contributed by atoms with van der Waals surface area (Å²) in [6.45, 7) is 0. The molecule has 0 radical (unpaired) electrons. The molecule has 148 valence electrons. The van der Waals surface area contributed by atoms with Crippen molar-refractivity contribution in [2.45, 2.75) is 44.2 Å². The number of aliphatic carboxylic acids is 1. The van der Waals surface area contributed by atoms with Crippen molar-refractivity contribution in [3.8, 4) is 11.5 Å². The number of carbonyl (C=O) groups excluding carboxylic acids is 1. The number of carboxylic acid groups (broad SMARTS) is 1. The number of methoxy groups -OCH3 is 1. The highest BCUT2D eigenvalue weighted by molar-refractivity contribution is 5.95. The molecule has 6 heteroatoms. The van der Waals surface area contributed by atoms with Gasteiger partial charge in [0.25, 0.3) is 5.91 Å². The molecule has 28 heavy (non-hydrogen) atoms. The summed E-state index contributed by atoms with van der Waals surface area (Å²) in [7, 11) is 1.56. The van der Waals surface area contributed by atoms with Crippen LogP contribution in [-0.4, -0.2) is 30.2 Å². The minimum Gasteiger partial charge on any atom is -0.493 e. The van der Waals surface area contributed by atoms with Crippen LogP contribution in [0.2, 0.25) is 0 Å². The maximum Gasteiger partial charge on any atom is 0.305 e. The van der Waals surface area contributed by atoms with E-state index in [1.807, 2.05) is 18.2 Å². The van der Waals surface area contributed by atoms with Crippen molar-refractivity contribution in [2.24, 2.45) is 0 Å². The third-order valence-corrected chi connectivity index (χ3v) is 4.91. The van der Waals surface area contributed by atoms with Crippen LogP contribution < -0.4 is 14.8 Å². The Balaban J connectivity index is 1.79. The van der Waals surface area contributed by atoms with E-state index in [0.29, 0.717) is 17.1 Å². The molecular weight excluding hydrogens is 358 g/mol. The summed E-state index contributed by atoms with van der Waals surface area (Å²) < 4.78 is 11.4. The lowest BCUT2D eigenvalue weighted by molar-refractivity contribution is -0.137. The molecule has 1 fully saturated rings. The first-order valence-corrected chi connectivity index (χ1v) is 9.49. The van der Waals surface area contributed by atoms with Crippen LogP contribution >= 0.6 is 0 Å². The first-order chi connectivity index (χ1) is 13.6. The van der Waals surface area contributed by atoms with Crippen LogP contribution in [0.5, 0.6) is 11.5 Å². The van der Waals surface area contributed by atoms with Crippen LogP contribution in [-0.2, 0) is 4.79 Å². The van der Waals surface area contributed by atoms with E-state index < -0.39 is 12.0 Å². The van der Waals surface area contributed by atoms with Crippen molar-refractivity contribution in [3.05, 3.63) is 59.7 Å². The summed E-state index contributed by atoms with van der Waals surface area (Å²) in [5, 5.41) is 12.0. The topological polar surface area (TPSA) is 84.9 Å². The molecule has 6 nitrogen and oxygen atoms in total. The summed E-state index contributed by atoms with van der Waals surface area (Å²) >= 11 is 0. The highest BCUT2D eigenvalue weighted by Gasteiger charge is 2.22. The van der Waals surface area contributed by atoms with E-state index in [-0.39, 0.29) is 18.4 Å². The fourth-order valence-corrected chi connectivity index (χ4v) is 3.45. The van der Waals surface area contributed by atoms with Gasteiger partial charge in [-0.3, -0.25) is 9.59 Å². The number of rotatable bonds is 8. The number of hydrogen-bond acceptors (Lipinski definition) is 4. The molecule has 1 amide bonds. The molecule has 1 unspecified atom stereocenters. The van der Waals surface area contributed by atoms with E-state index in [1.165, 1.54) is 0 Å². The predicted molar refractivity (Wildman–Crippen MR) is 105 cm³/mol. The van der Waals surface area contributed by atoms with Crippen molar-refractivity contribution < 1.29 is 24.2 Å². The molecule has 2 N–H and O–H groups in total. The number of nitrogens with one attached hydrogen (secondary N) is 1. The first kappa shape index (κ1) is 19.7. The first-order valence-electron chi connectivity index (χ1n) is 9.49. The van der Waals surface area contributed by atoms with Crippen LogP contribution in [0.4, 0.5) is 0 Å². The molecule has 1 aliphatic rings. The van der Waals surface area contributed by atoms with Gasteiger partial charge >= 0.3 is 5.97 Å². The number of hydrogen-bond donors (Lipinski definition) is 2. The number of ether oxygens (including phenoxy) is 2. The number of carboxylic acids is 1. The zero-order valence-electron chi connectivity index (χ0n) is 15.9. The minimum absolute atomic E-state index is 0.135. The Labute approximate surface area is 164 Å². The third-order valence-electron chi connectivity index (χ3n) is 4.91. The molecule has 0 aliphatic heterocycles. The molecule has 0 spiro atoms. The Morgan fingerprint density at radius 1 is 1.11 bits per heavy atom. The van der Waals surface area contributed by atoms with Crippen molar-refractivity contribution in [1.82, 2.24) is 5.32 Å². The average Bonchev–Trinajstić information content (AvgIpc) is 3.21. The summed E-state index contributed by atoms with van der Waals surface area (Å²) in [5.41, 5.74) is 1.15. The Kier molecular flexibility index (Phi) is 6.53. The lowest BCUT2D eigenvalue weighted by Gasteiger charge is -2.19. The second-order valence-electron chi connectivity index (χ2n) is 6.92. The highest BCUT2D eigenvalue weighted by Crippen LogP contribution is 2.32. The standard InChI is InChI=1S/C22H25NO5/c1-27-19-12-11-16(13-20(19)28-17-9-5-6-10-17)22(26)23-18(14-21(24)25)15-7-3-2-4-8-15/h2-4,7-8,11-13,17-18H,5-6,9-10,14H2,1H3,(H,23,26)(H,24,25). The van der Waals surface area contributed by atoms with Gasteiger partial charge in [0.2, 0.25) is 0 Å². The summed E-state index contributed by atoms with van der Waals surface area (Å²) in [5.74, 6) is -0.215. The lowest BCUT2D eigenvalue weighted by atomic mass is 10.0. The van der Waals surface area contributed by atoms with Gasteiger partial charge in [0.05, 0.1) is 25.7 Å². The van der Waals surface area contributed by atoms with Crippen molar-refractivity contribution in [2.75, 3.05) is 7.11 Å².